The molecule has 144 valence electrons. The van der Waals surface area contributed by atoms with Crippen molar-refractivity contribution in [2.75, 3.05) is 27.2 Å². The maximum absolute atomic E-state index is 12.5. The first-order valence-corrected chi connectivity index (χ1v) is 9.14. The number of carbonyl (C=O) groups is 1. The molecule has 0 bridgehead atoms. The lowest BCUT2D eigenvalue weighted by atomic mass is 9.99. The minimum atomic E-state index is -0.464. The predicted octanol–water partition coefficient (Wildman–Crippen LogP) is 3.07. The molecule has 27 heavy (non-hydrogen) atoms. The van der Waals surface area contributed by atoms with Crippen molar-refractivity contribution in [1.82, 2.24) is 10.2 Å². The van der Waals surface area contributed by atoms with Gasteiger partial charge in [0, 0.05) is 22.9 Å². The molecule has 0 aliphatic carbocycles. The zero-order valence-electron chi connectivity index (χ0n) is 16.6. The summed E-state index contributed by atoms with van der Waals surface area (Å²) in [6, 6.07) is 1.98. The predicted molar refractivity (Wildman–Crippen MR) is 106 cm³/mol. The van der Waals surface area contributed by atoms with Gasteiger partial charge in [-0.25, -0.2) is 4.79 Å². The van der Waals surface area contributed by atoms with Crippen LogP contribution in [0.2, 0.25) is 0 Å². The molecule has 2 aromatic heterocycles. The summed E-state index contributed by atoms with van der Waals surface area (Å²) in [6.45, 7) is 7.22. The van der Waals surface area contributed by atoms with Crippen LogP contribution in [0.1, 0.15) is 28.7 Å². The highest BCUT2D eigenvalue weighted by atomic mass is 16.4. The SMILES string of the molecule is Cc1coc2c(C)c3oc(=O)c(CC(=O)NCCCN(C)C)c(C)c3cc12. The van der Waals surface area contributed by atoms with E-state index in [1.807, 2.05) is 40.9 Å². The topological polar surface area (TPSA) is 75.7 Å². The van der Waals surface area contributed by atoms with E-state index in [-0.39, 0.29) is 12.3 Å². The fraction of sp³-hybridized carbons (Fsp3) is 0.429. The summed E-state index contributed by atoms with van der Waals surface area (Å²) < 4.78 is 11.2. The summed E-state index contributed by atoms with van der Waals surface area (Å²) in [7, 11) is 3.98. The molecule has 0 aliphatic heterocycles. The fourth-order valence-corrected chi connectivity index (χ4v) is 3.37. The van der Waals surface area contributed by atoms with Gasteiger partial charge >= 0.3 is 5.63 Å². The maximum atomic E-state index is 12.5. The second kappa shape index (κ2) is 7.56. The third kappa shape index (κ3) is 3.76. The molecule has 0 radical (unpaired) electrons. The third-order valence-corrected chi connectivity index (χ3v) is 4.98. The van der Waals surface area contributed by atoms with Crippen LogP contribution in [0.3, 0.4) is 0 Å². The largest absolute Gasteiger partial charge is 0.464 e. The van der Waals surface area contributed by atoms with Gasteiger partial charge in [-0.05, 0) is 65.0 Å². The number of furan rings is 1. The van der Waals surface area contributed by atoms with E-state index in [2.05, 4.69) is 10.2 Å². The Labute approximate surface area is 158 Å². The Balaban J connectivity index is 1.92. The van der Waals surface area contributed by atoms with Crippen molar-refractivity contribution in [3.05, 3.63) is 45.0 Å². The van der Waals surface area contributed by atoms with Gasteiger partial charge < -0.3 is 19.1 Å². The Hall–Kier alpha value is -2.60. The van der Waals surface area contributed by atoms with Crippen molar-refractivity contribution in [2.24, 2.45) is 0 Å². The van der Waals surface area contributed by atoms with Crippen molar-refractivity contribution in [3.8, 4) is 0 Å². The molecule has 0 atom stereocenters. The summed E-state index contributed by atoms with van der Waals surface area (Å²) in [5, 5.41) is 4.72. The molecule has 0 unspecified atom stereocenters. The number of benzene rings is 1. The highest BCUT2D eigenvalue weighted by molar-refractivity contribution is 6.00. The van der Waals surface area contributed by atoms with Crippen LogP contribution in [0.4, 0.5) is 0 Å². The number of hydrogen-bond acceptors (Lipinski definition) is 5. The van der Waals surface area contributed by atoms with Gasteiger partial charge in [0.05, 0.1) is 18.2 Å². The van der Waals surface area contributed by atoms with E-state index in [1.54, 1.807) is 6.26 Å². The third-order valence-electron chi connectivity index (χ3n) is 4.98. The first-order chi connectivity index (χ1) is 12.8. The first kappa shape index (κ1) is 19.2. The Morgan fingerprint density at radius 1 is 1.11 bits per heavy atom. The average Bonchev–Trinajstić information content (AvgIpc) is 2.98. The van der Waals surface area contributed by atoms with E-state index in [1.165, 1.54) is 0 Å². The lowest BCUT2D eigenvalue weighted by molar-refractivity contribution is -0.120. The van der Waals surface area contributed by atoms with Gasteiger partial charge in [0.15, 0.2) is 0 Å². The first-order valence-electron chi connectivity index (χ1n) is 9.14. The molecular weight excluding hydrogens is 344 g/mol. The standard InChI is InChI=1S/C21H26N2O4/c1-12-11-26-19-14(3)20-16(9-15(12)19)13(2)17(21(25)27-20)10-18(24)22-7-6-8-23(4)5/h9,11H,6-8,10H2,1-5H3,(H,22,24). The molecular formula is C21H26N2O4. The molecule has 2 heterocycles. The van der Waals surface area contributed by atoms with Crippen LogP contribution in [-0.2, 0) is 11.2 Å². The summed E-state index contributed by atoms with van der Waals surface area (Å²) in [5.41, 5.74) is 3.82. The second-order valence-corrected chi connectivity index (χ2v) is 7.35. The van der Waals surface area contributed by atoms with Crippen LogP contribution in [0, 0.1) is 20.8 Å². The highest BCUT2D eigenvalue weighted by Crippen LogP contribution is 2.32. The minimum Gasteiger partial charge on any atom is -0.464 e. The van der Waals surface area contributed by atoms with E-state index < -0.39 is 5.63 Å². The van der Waals surface area contributed by atoms with E-state index in [0.717, 1.165) is 46.0 Å². The normalized spacial score (nSPS) is 11.6. The number of amides is 1. The number of aryl methyl sites for hydroxylation is 3. The van der Waals surface area contributed by atoms with Crippen molar-refractivity contribution in [3.63, 3.8) is 0 Å². The minimum absolute atomic E-state index is 0.0214. The van der Waals surface area contributed by atoms with Crippen LogP contribution in [-0.4, -0.2) is 38.0 Å². The lowest BCUT2D eigenvalue weighted by Gasteiger charge is -2.11. The summed E-state index contributed by atoms with van der Waals surface area (Å²) in [6.07, 6.45) is 2.58. The smallest absolute Gasteiger partial charge is 0.340 e. The Morgan fingerprint density at radius 2 is 1.85 bits per heavy atom. The second-order valence-electron chi connectivity index (χ2n) is 7.35. The van der Waals surface area contributed by atoms with Gasteiger partial charge in [-0.3, -0.25) is 4.79 Å². The number of carbonyl (C=O) groups excluding carboxylic acids is 1. The van der Waals surface area contributed by atoms with Crippen LogP contribution >= 0.6 is 0 Å². The molecule has 3 aromatic rings. The van der Waals surface area contributed by atoms with E-state index >= 15 is 0 Å². The van der Waals surface area contributed by atoms with E-state index in [4.69, 9.17) is 8.83 Å². The number of nitrogens with zero attached hydrogens (tertiary/aromatic N) is 1. The Kier molecular flexibility index (Phi) is 5.37. The molecule has 6 heteroatoms. The van der Waals surface area contributed by atoms with Crippen molar-refractivity contribution in [2.45, 2.75) is 33.6 Å². The Bertz CT molecular complexity index is 1060. The van der Waals surface area contributed by atoms with Crippen molar-refractivity contribution in [1.29, 1.82) is 0 Å². The van der Waals surface area contributed by atoms with Gasteiger partial charge in [-0.2, -0.15) is 0 Å². The summed E-state index contributed by atoms with van der Waals surface area (Å²) >= 11 is 0. The molecule has 0 aliphatic rings. The lowest BCUT2D eigenvalue weighted by Crippen LogP contribution is -2.30. The molecule has 0 fully saturated rings. The molecule has 6 nitrogen and oxygen atoms in total. The van der Waals surface area contributed by atoms with Crippen LogP contribution in [0.15, 0.2) is 26.0 Å². The van der Waals surface area contributed by atoms with E-state index in [0.29, 0.717) is 17.7 Å². The fourth-order valence-electron chi connectivity index (χ4n) is 3.37. The van der Waals surface area contributed by atoms with Crippen LogP contribution < -0.4 is 10.9 Å². The molecule has 0 saturated carbocycles. The zero-order chi connectivity index (χ0) is 19.7. The van der Waals surface area contributed by atoms with Crippen molar-refractivity contribution < 1.29 is 13.6 Å². The number of rotatable bonds is 6. The summed E-state index contributed by atoms with van der Waals surface area (Å²) in [4.78, 5) is 26.9. The van der Waals surface area contributed by atoms with Gasteiger partial charge in [-0.15, -0.1) is 0 Å². The van der Waals surface area contributed by atoms with Gasteiger partial charge in [0.2, 0.25) is 5.91 Å². The van der Waals surface area contributed by atoms with Crippen LogP contribution in [0.25, 0.3) is 21.9 Å². The average molecular weight is 370 g/mol. The Morgan fingerprint density at radius 3 is 2.56 bits per heavy atom. The highest BCUT2D eigenvalue weighted by Gasteiger charge is 2.19. The van der Waals surface area contributed by atoms with Crippen molar-refractivity contribution >= 4 is 27.8 Å². The molecule has 1 amide bonds. The molecule has 1 N–H and O–H groups in total. The molecule has 0 spiro atoms. The quantitative estimate of drug-likeness (QED) is 0.533. The van der Waals surface area contributed by atoms with Crippen LogP contribution in [0.5, 0.6) is 0 Å². The molecule has 3 rings (SSSR count). The van der Waals surface area contributed by atoms with Gasteiger partial charge in [0.25, 0.3) is 0 Å². The van der Waals surface area contributed by atoms with E-state index in [9.17, 15) is 9.59 Å². The molecule has 1 aromatic carbocycles. The summed E-state index contributed by atoms with van der Waals surface area (Å²) in [5.74, 6) is -0.166. The molecule has 0 saturated heterocycles. The maximum Gasteiger partial charge on any atom is 0.340 e. The number of hydrogen-bond donors (Lipinski definition) is 1. The monoisotopic (exact) mass is 370 g/mol. The zero-order valence-corrected chi connectivity index (χ0v) is 16.6. The van der Waals surface area contributed by atoms with Gasteiger partial charge in [-0.1, -0.05) is 0 Å². The number of nitrogens with one attached hydrogen (secondary N) is 1. The van der Waals surface area contributed by atoms with Gasteiger partial charge in [0.1, 0.15) is 11.2 Å². The number of fused-ring (bicyclic) bond motifs is 2.